The van der Waals surface area contributed by atoms with Crippen molar-refractivity contribution in [2.45, 2.75) is 0 Å². The summed E-state index contributed by atoms with van der Waals surface area (Å²) >= 11 is 0. The zero-order valence-electron chi connectivity index (χ0n) is 65.1. The molecule has 0 amide bonds. The van der Waals surface area contributed by atoms with Crippen LogP contribution in [0.5, 0.6) is 0 Å². The minimum absolute atomic E-state index is 0.697. The van der Waals surface area contributed by atoms with Crippen molar-refractivity contribution in [3.63, 3.8) is 0 Å². The topological polar surface area (TPSA) is 71.3 Å². The quantitative estimate of drug-likeness (QED) is 0.122. The van der Waals surface area contributed by atoms with Crippen LogP contribution < -0.4 is 0 Å². The van der Waals surface area contributed by atoms with Gasteiger partial charge in [-0.1, -0.05) is 328 Å². The number of aromatic nitrogens is 8. The van der Waals surface area contributed by atoms with Crippen LogP contribution in [-0.2, 0) is 0 Å². The fourth-order valence-corrected chi connectivity index (χ4v) is 18.4. The van der Waals surface area contributed by atoms with Crippen molar-refractivity contribution in [1.82, 2.24) is 38.2 Å². The van der Waals surface area contributed by atoms with Crippen LogP contribution in [0.2, 0.25) is 0 Å². The molecule has 6 heterocycles. The highest BCUT2D eigenvalue weighted by Crippen LogP contribution is 2.47. The average Bonchev–Trinajstić information content (AvgIpc) is 1.55. The fourth-order valence-electron chi connectivity index (χ4n) is 18.4. The van der Waals surface area contributed by atoms with E-state index >= 15 is 0 Å². The first-order valence-electron chi connectivity index (χ1n) is 40.8. The predicted molar refractivity (Wildman–Crippen MR) is 500 cm³/mol. The molecule has 8 heteroatoms. The Labute approximate surface area is 692 Å². The van der Waals surface area contributed by atoms with Crippen molar-refractivity contribution in [2.75, 3.05) is 0 Å². The molecular weight excluding hydrogens is 1460 g/mol. The van der Waals surface area contributed by atoms with Gasteiger partial charge in [0.25, 0.3) is 0 Å². The Bertz CT molecular complexity index is 7650. The number of rotatable bonds is 12. The van der Waals surface area contributed by atoms with E-state index in [1.165, 1.54) is 98.4 Å². The Hall–Kier alpha value is -16.2. The lowest BCUT2D eigenvalue weighted by Crippen LogP contribution is -1.98. The lowest BCUT2D eigenvalue weighted by atomic mass is 9.98. The summed E-state index contributed by atoms with van der Waals surface area (Å²) in [5, 5.41) is 14.4. The molecule has 0 saturated heterocycles. The predicted octanol–water partition coefficient (Wildman–Crippen LogP) is 29.0. The first kappa shape index (κ1) is 69.4. The van der Waals surface area contributed by atoms with Gasteiger partial charge in [0.15, 0.2) is 11.6 Å². The highest BCUT2D eigenvalue weighted by atomic mass is 15.0. The van der Waals surface area contributed by atoms with Gasteiger partial charge in [0.1, 0.15) is 0 Å². The molecule has 0 atom stereocenters. The van der Waals surface area contributed by atoms with Gasteiger partial charge in [-0.05, 0) is 153 Å². The Morgan fingerprint density at radius 1 is 0.158 bits per heavy atom. The maximum Gasteiger partial charge on any atom is 0.161 e. The largest absolute Gasteiger partial charge is 0.309 e. The third-order valence-corrected chi connectivity index (χ3v) is 23.8. The van der Waals surface area contributed by atoms with Crippen molar-refractivity contribution < 1.29 is 0 Å². The molecule has 6 aromatic heterocycles. The SMILES string of the molecule is c1ccc(-c2cccc(-c3cc(-c4cccc5cc(-n6c7ccccc7c7c6ccc6c8ccccc8n(-c8ccccc8)c67)ccc45)nc(-c4ccccc4)n3)c2)cc1.c1ccc(-c2cccc(-c3cc(-c4ccccc4)nc(-c4cccc5cc(-n6c7ccccc7c7c6ccc6c8ccccc8n(-c8ccccc8)c67)ccc45)n3)c2)cc1. The minimum atomic E-state index is 0.697. The van der Waals surface area contributed by atoms with Gasteiger partial charge in [0.2, 0.25) is 0 Å². The second kappa shape index (κ2) is 29.0. The molecule has 18 aromatic carbocycles. The van der Waals surface area contributed by atoms with Crippen LogP contribution in [0.25, 0.3) is 222 Å². The van der Waals surface area contributed by atoms with E-state index in [1.54, 1.807) is 0 Å². The molecule has 0 bridgehead atoms. The highest BCUT2D eigenvalue weighted by molar-refractivity contribution is 6.28. The van der Waals surface area contributed by atoms with E-state index in [-0.39, 0.29) is 0 Å². The summed E-state index contributed by atoms with van der Waals surface area (Å²) in [6.45, 7) is 0. The van der Waals surface area contributed by atoms with Gasteiger partial charge >= 0.3 is 0 Å². The number of para-hydroxylation sites is 6. The van der Waals surface area contributed by atoms with Gasteiger partial charge in [0, 0.05) is 99.2 Å². The van der Waals surface area contributed by atoms with E-state index < -0.39 is 0 Å². The number of benzene rings is 18. The standard InChI is InChI=1S/2C56H36N4/c1-4-16-37(17-5-1)39-20-14-22-41(34-39)49-36-50(58-56(57-49)38-18-6-2-7-19-38)45-27-15-21-40-35-43(30-31-44(40)45)59-52-29-13-11-26-48(52)54-53(59)33-32-47-46-25-10-12-28-51(46)60(55(47)54)42-23-8-3-9-24-42;1-4-16-37(17-5-1)39-20-14-22-41(34-39)50-36-49(38-18-6-2-7-19-38)57-56(58-50)47-27-15-21-40-35-43(30-31-44(40)47)59-52-29-13-11-26-48(52)54-53(59)33-32-46-45-25-10-12-28-51(45)60(55(46)54)42-23-8-3-9-24-42/h2*1-36H. The molecule has 0 unspecified atom stereocenters. The summed E-state index contributed by atoms with van der Waals surface area (Å²) in [5.74, 6) is 1.40. The van der Waals surface area contributed by atoms with Crippen LogP contribution in [0.15, 0.2) is 437 Å². The zero-order chi connectivity index (χ0) is 79.1. The molecular formula is C112H72N8. The van der Waals surface area contributed by atoms with Gasteiger partial charge in [-0.2, -0.15) is 0 Å². The van der Waals surface area contributed by atoms with Gasteiger partial charge in [0.05, 0.1) is 66.9 Å². The van der Waals surface area contributed by atoms with Crippen LogP contribution in [0, 0.1) is 0 Å². The monoisotopic (exact) mass is 1530 g/mol. The van der Waals surface area contributed by atoms with E-state index in [0.29, 0.717) is 11.6 Å². The highest BCUT2D eigenvalue weighted by Gasteiger charge is 2.25. The van der Waals surface area contributed by atoms with Crippen LogP contribution in [0.3, 0.4) is 0 Å². The Morgan fingerprint density at radius 3 is 0.967 bits per heavy atom. The Balaban J connectivity index is 0.000000140. The summed E-state index contributed by atoms with van der Waals surface area (Å²) in [7, 11) is 0. The average molecular weight is 1530 g/mol. The molecule has 0 saturated carbocycles. The van der Waals surface area contributed by atoms with Crippen molar-refractivity contribution >= 4 is 109 Å². The van der Waals surface area contributed by atoms with E-state index in [2.05, 4.69) is 431 Å². The van der Waals surface area contributed by atoms with Crippen molar-refractivity contribution in [3.8, 4) is 113 Å². The van der Waals surface area contributed by atoms with E-state index in [1.807, 2.05) is 24.3 Å². The second-order valence-corrected chi connectivity index (χ2v) is 30.8. The zero-order valence-corrected chi connectivity index (χ0v) is 65.1. The van der Waals surface area contributed by atoms with Crippen LogP contribution in [0.4, 0.5) is 0 Å². The van der Waals surface area contributed by atoms with Crippen molar-refractivity contribution in [1.29, 1.82) is 0 Å². The molecule has 0 radical (unpaired) electrons. The number of hydrogen-bond acceptors (Lipinski definition) is 4. The Morgan fingerprint density at radius 2 is 0.492 bits per heavy atom. The maximum atomic E-state index is 5.30. The number of fused-ring (bicyclic) bond motifs is 16. The summed E-state index contributed by atoms with van der Waals surface area (Å²) in [6, 6.07) is 156. The molecule has 0 spiro atoms. The molecule has 0 N–H and O–H groups in total. The van der Waals surface area contributed by atoms with Gasteiger partial charge < -0.3 is 18.3 Å². The normalized spacial score (nSPS) is 11.7. The van der Waals surface area contributed by atoms with Crippen molar-refractivity contribution in [3.05, 3.63) is 437 Å². The van der Waals surface area contributed by atoms with Crippen molar-refractivity contribution in [2.24, 2.45) is 0 Å². The molecule has 560 valence electrons. The summed E-state index contributed by atoms with van der Waals surface area (Å²) in [4.78, 5) is 21.0. The lowest BCUT2D eigenvalue weighted by Gasteiger charge is -2.14. The molecule has 24 aromatic rings. The molecule has 8 nitrogen and oxygen atoms in total. The van der Waals surface area contributed by atoms with Crippen LogP contribution in [0.1, 0.15) is 0 Å². The summed E-state index contributed by atoms with van der Waals surface area (Å²) in [6.07, 6.45) is 0. The first-order valence-corrected chi connectivity index (χ1v) is 40.8. The molecule has 0 fully saturated rings. The van der Waals surface area contributed by atoms with E-state index in [4.69, 9.17) is 19.9 Å². The number of nitrogens with zero attached hydrogens (tertiary/aromatic N) is 8. The number of hydrogen-bond donors (Lipinski definition) is 0. The molecule has 0 aliphatic heterocycles. The first-order chi connectivity index (χ1) is 59.5. The Kier molecular flexibility index (Phi) is 16.7. The van der Waals surface area contributed by atoms with Gasteiger partial charge in [-0.25, -0.2) is 19.9 Å². The maximum absolute atomic E-state index is 5.30. The smallest absolute Gasteiger partial charge is 0.161 e. The minimum Gasteiger partial charge on any atom is -0.309 e. The molecule has 0 aliphatic carbocycles. The van der Waals surface area contributed by atoms with Gasteiger partial charge in [-0.15, -0.1) is 0 Å². The van der Waals surface area contributed by atoms with Crippen LogP contribution >= 0.6 is 0 Å². The second-order valence-electron chi connectivity index (χ2n) is 30.8. The third kappa shape index (κ3) is 11.8. The molecule has 24 rings (SSSR count). The summed E-state index contributed by atoms with van der Waals surface area (Å²) in [5.41, 5.74) is 28.4. The van der Waals surface area contributed by atoms with E-state index in [0.717, 1.165) is 112 Å². The summed E-state index contributed by atoms with van der Waals surface area (Å²) < 4.78 is 9.73. The van der Waals surface area contributed by atoms with E-state index in [9.17, 15) is 0 Å². The fraction of sp³-hybridized carbons (Fsp3) is 0. The molecule has 120 heavy (non-hydrogen) atoms. The van der Waals surface area contributed by atoms with Gasteiger partial charge in [-0.3, -0.25) is 0 Å². The lowest BCUT2D eigenvalue weighted by molar-refractivity contribution is 1.17. The molecule has 0 aliphatic rings. The van der Waals surface area contributed by atoms with Crippen LogP contribution in [-0.4, -0.2) is 38.2 Å². The third-order valence-electron chi connectivity index (χ3n) is 23.8.